The normalized spacial score (nSPS) is 11.0. The zero-order valence-electron chi connectivity index (χ0n) is 12.3. The maximum absolute atomic E-state index is 11.8. The predicted octanol–water partition coefficient (Wildman–Crippen LogP) is 3.03. The van der Waals surface area contributed by atoms with E-state index in [9.17, 15) is 14.7 Å². The summed E-state index contributed by atoms with van der Waals surface area (Å²) in [6.07, 6.45) is 0.924. The third-order valence-electron chi connectivity index (χ3n) is 3.79. The van der Waals surface area contributed by atoms with Gasteiger partial charge in [0.1, 0.15) is 0 Å². The van der Waals surface area contributed by atoms with Gasteiger partial charge in [-0.2, -0.15) is 0 Å². The van der Waals surface area contributed by atoms with Crippen LogP contribution >= 0.6 is 11.6 Å². The lowest BCUT2D eigenvalue weighted by molar-refractivity contribution is -0.149. The van der Waals surface area contributed by atoms with Crippen LogP contribution in [-0.4, -0.2) is 23.7 Å². The summed E-state index contributed by atoms with van der Waals surface area (Å²) in [5.41, 5.74) is -0.105. The van der Waals surface area contributed by atoms with Gasteiger partial charge in [-0.3, -0.25) is 4.79 Å². The summed E-state index contributed by atoms with van der Waals surface area (Å²) in [5.74, 6) is -0.890. The van der Waals surface area contributed by atoms with Crippen LogP contribution in [0.1, 0.15) is 32.3 Å². The Kier molecular flexibility index (Phi) is 6.49. The number of amides is 2. The molecule has 0 heterocycles. The molecule has 21 heavy (non-hydrogen) atoms. The highest BCUT2D eigenvalue weighted by Crippen LogP contribution is 2.25. The van der Waals surface area contributed by atoms with Gasteiger partial charge >= 0.3 is 12.0 Å². The third kappa shape index (κ3) is 4.63. The fourth-order valence-electron chi connectivity index (χ4n) is 2.01. The van der Waals surface area contributed by atoms with Crippen LogP contribution < -0.4 is 10.6 Å². The first kappa shape index (κ1) is 17.3. The number of aliphatic carboxylic acids is 1. The first-order valence-electron chi connectivity index (χ1n) is 6.93. The first-order chi connectivity index (χ1) is 9.95. The molecule has 1 aromatic rings. The van der Waals surface area contributed by atoms with Gasteiger partial charge in [0, 0.05) is 18.1 Å². The lowest BCUT2D eigenvalue weighted by Crippen LogP contribution is -2.45. The highest BCUT2D eigenvalue weighted by atomic mass is 35.5. The molecule has 0 saturated heterocycles. The van der Waals surface area contributed by atoms with Crippen LogP contribution in [0.2, 0.25) is 5.02 Å². The van der Waals surface area contributed by atoms with Gasteiger partial charge in [0.2, 0.25) is 0 Å². The summed E-state index contributed by atoms with van der Waals surface area (Å²) >= 11 is 5.99. The fraction of sp³-hybridized carbons (Fsp3) is 0.467. The van der Waals surface area contributed by atoms with Crippen LogP contribution in [0.15, 0.2) is 24.3 Å². The Labute approximate surface area is 129 Å². The Balaban J connectivity index is 2.51. The Morgan fingerprint density at radius 2 is 1.81 bits per heavy atom. The molecule has 0 unspecified atom stereocenters. The molecule has 3 N–H and O–H groups in total. The van der Waals surface area contributed by atoms with Crippen LogP contribution in [-0.2, 0) is 11.3 Å². The molecule has 0 aromatic heterocycles. The average molecular weight is 313 g/mol. The van der Waals surface area contributed by atoms with E-state index in [0.717, 1.165) is 5.56 Å². The Bertz CT molecular complexity index is 501. The Morgan fingerprint density at radius 1 is 1.19 bits per heavy atom. The van der Waals surface area contributed by atoms with Gasteiger partial charge in [-0.1, -0.05) is 43.6 Å². The lowest BCUT2D eigenvalue weighted by Gasteiger charge is -2.26. The van der Waals surface area contributed by atoms with Gasteiger partial charge in [-0.05, 0) is 24.5 Å². The maximum atomic E-state index is 11.8. The quantitative estimate of drug-likeness (QED) is 0.724. The van der Waals surface area contributed by atoms with E-state index >= 15 is 0 Å². The molecule has 1 rings (SSSR count). The molecule has 0 aliphatic heterocycles. The van der Waals surface area contributed by atoms with Crippen molar-refractivity contribution in [2.45, 2.75) is 33.2 Å². The van der Waals surface area contributed by atoms with Gasteiger partial charge in [-0.15, -0.1) is 0 Å². The van der Waals surface area contributed by atoms with Crippen molar-refractivity contribution in [3.05, 3.63) is 34.9 Å². The number of halogens is 1. The first-order valence-corrected chi connectivity index (χ1v) is 7.31. The van der Waals surface area contributed by atoms with E-state index in [1.54, 1.807) is 19.9 Å². The van der Waals surface area contributed by atoms with E-state index in [-0.39, 0.29) is 6.54 Å². The van der Waals surface area contributed by atoms with Gasteiger partial charge in [-0.25, -0.2) is 4.79 Å². The van der Waals surface area contributed by atoms with Crippen molar-refractivity contribution < 1.29 is 14.7 Å². The summed E-state index contributed by atoms with van der Waals surface area (Å²) in [7, 11) is 0. The third-order valence-corrected chi connectivity index (χ3v) is 4.16. The van der Waals surface area contributed by atoms with Crippen molar-refractivity contribution in [1.29, 1.82) is 0 Å². The van der Waals surface area contributed by atoms with Gasteiger partial charge in [0.25, 0.3) is 0 Å². The van der Waals surface area contributed by atoms with Gasteiger partial charge in [0.05, 0.1) is 5.41 Å². The minimum atomic E-state index is -0.915. The SMILES string of the molecule is CCC(CC)(CNC(=O)NCc1ccccc1Cl)C(=O)O. The minimum Gasteiger partial charge on any atom is -0.481 e. The van der Waals surface area contributed by atoms with Crippen molar-refractivity contribution in [3.63, 3.8) is 0 Å². The van der Waals surface area contributed by atoms with E-state index in [4.69, 9.17) is 11.6 Å². The molecule has 116 valence electrons. The Hall–Kier alpha value is -1.75. The molecule has 0 bridgehead atoms. The topological polar surface area (TPSA) is 78.4 Å². The summed E-state index contributed by atoms with van der Waals surface area (Å²) in [6.45, 7) is 4.01. The van der Waals surface area contributed by atoms with Gasteiger partial charge < -0.3 is 15.7 Å². The van der Waals surface area contributed by atoms with E-state index in [2.05, 4.69) is 10.6 Å². The van der Waals surface area contributed by atoms with Crippen LogP contribution in [0.3, 0.4) is 0 Å². The van der Waals surface area contributed by atoms with Gasteiger partial charge in [0.15, 0.2) is 0 Å². The number of hydrogen-bond acceptors (Lipinski definition) is 2. The number of carbonyl (C=O) groups excluding carboxylic acids is 1. The molecule has 6 heteroatoms. The number of carboxylic acid groups (broad SMARTS) is 1. The van der Waals surface area contributed by atoms with Crippen LogP contribution in [0.5, 0.6) is 0 Å². The molecule has 0 atom stereocenters. The van der Waals surface area contributed by atoms with Crippen molar-refractivity contribution in [2.75, 3.05) is 6.54 Å². The van der Waals surface area contributed by atoms with E-state index in [1.807, 2.05) is 18.2 Å². The predicted molar refractivity (Wildman–Crippen MR) is 82.3 cm³/mol. The van der Waals surface area contributed by atoms with E-state index in [1.165, 1.54) is 0 Å². The maximum Gasteiger partial charge on any atom is 0.315 e. The molecule has 0 spiro atoms. The molecular weight excluding hydrogens is 292 g/mol. The summed E-state index contributed by atoms with van der Waals surface area (Å²) in [5, 5.41) is 15.2. The lowest BCUT2D eigenvalue weighted by atomic mass is 9.82. The van der Waals surface area contributed by atoms with Crippen LogP contribution in [0.4, 0.5) is 4.79 Å². The highest BCUT2D eigenvalue weighted by molar-refractivity contribution is 6.31. The average Bonchev–Trinajstić information content (AvgIpc) is 2.47. The smallest absolute Gasteiger partial charge is 0.315 e. The molecule has 1 aromatic carbocycles. The number of nitrogens with one attached hydrogen (secondary N) is 2. The molecule has 2 amide bonds. The Morgan fingerprint density at radius 3 is 2.33 bits per heavy atom. The zero-order chi connectivity index (χ0) is 15.9. The summed E-state index contributed by atoms with van der Waals surface area (Å²) in [4.78, 5) is 23.1. The second kappa shape index (κ2) is 7.88. The van der Waals surface area contributed by atoms with E-state index in [0.29, 0.717) is 24.4 Å². The number of urea groups is 1. The number of rotatable bonds is 7. The molecule has 0 fully saturated rings. The number of carboxylic acids is 1. The molecule has 0 radical (unpaired) electrons. The van der Waals surface area contributed by atoms with Crippen molar-refractivity contribution in [1.82, 2.24) is 10.6 Å². The minimum absolute atomic E-state index is 0.101. The zero-order valence-corrected chi connectivity index (χ0v) is 13.0. The van der Waals surface area contributed by atoms with E-state index < -0.39 is 17.4 Å². The standard InChI is InChI=1S/C15H21ClN2O3/c1-3-15(4-2,13(19)20)10-18-14(21)17-9-11-7-5-6-8-12(11)16/h5-8H,3-4,9-10H2,1-2H3,(H,19,20)(H2,17,18,21). The van der Waals surface area contributed by atoms with Crippen LogP contribution in [0.25, 0.3) is 0 Å². The largest absolute Gasteiger partial charge is 0.481 e. The summed E-state index contributed by atoms with van der Waals surface area (Å²) < 4.78 is 0. The van der Waals surface area contributed by atoms with Crippen molar-refractivity contribution in [3.8, 4) is 0 Å². The molecule has 0 aliphatic rings. The molecule has 5 nitrogen and oxygen atoms in total. The van der Waals surface area contributed by atoms with Crippen LogP contribution in [0, 0.1) is 5.41 Å². The number of carbonyl (C=O) groups is 2. The monoisotopic (exact) mass is 312 g/mol. The second-order valence-electron chi connectivity index (χ2n) is 4.92. The second-order valence-corrected chi connectivity index (χ2v) is 5.33. The molecule has 0 saturated carbocycles. The highest BCUT2D eigenvalue weighted by Gasteiger charge is 2.35. The van der Waals surface area contributed by atoms with Crippen molar-refractivity contribution >= 4 is 23.6 Å². The van der Waals surface area contributed by atoms with Crippen molar-refractivity contribution in [2.24, 2.45) is 5.41 Å². The number of hydrogen-bond donors (Lipinski definition) is 3. The molecular formula is C15H21ClN2O3. The molecule has 0 aliphatic carbocycles. The fourth-order valence-corrected chi connectivity index (χ4v) is 2.21. The number of benzene rings is 1. The summed E-state index contributed by atoms with van der Waals surface area (Å²) in [6, 6.07) is 6.82.